The molecule has 0 saturated heterocycles. The first kappa shape index (κ1) is 13.3. The Labute approximate surface area is 120 Å². The lowest BCUT2D eigenvalue weighted by atomic mass is 10.2. The first-order chi connectivity index (χ1) is 10.2. The van der Waals surface area contributed by atoms with Crippen LogP contribution in [0.2, 0.25) is 0 Å². The average Bonchev–Trinajstić information content (AvgIpc) is 2.91. The molecule has 5 heteroatoms. The normalized spacial score (nSPS) is 10.8. The number of nitrogens with zero attached hydrogens (tertiary/aromatic N) is 1. The predicted octanol–water partition coefficient (Wildman–Crippen LogP) is 3.81. The van der Waals surface area contributed by atoms with E-state index in [1.807, 2.05) is 0 Å². The maximum atomic E-state index is 12.9. The van der Waals surface area contributed by atoms with E-state index < -0.39 is 5.97 Å². The van der Waals surface area contributed by atoms with Crippen molar-refractivity contribution in [2.24, 2.45) is 0 Å². The Bertz CT molecular complexity index is 793. The maximum absolute atomic E-state index is 12.9. The summed E-state index contributed by atoms with van der Waals surface area (Å²) in [5.74, 6) is -0.343. The monoisotopic (exact) mass is 285 g/mol. The number of esters is 1. The molecule has 0 aliphatic carbocycles. The van der Waals surface area contributed by atoms with E-state index in [2.05, 4.69) is 4.98 Å². The Balaban J connectivity index is 2.00. The van der Waals surface area contributed by atoms with Gasteiger partial charge in [-0.15, -0.1) is 0 Å². The molecule has 0 N–H and O–H groups in total. The molecule has 2 aromatic carbocycles. The fourth-order valence-corrected chi connectivity index (χ4v) is 1.98. The summed E-state index contributed by atoms with van der Waals surface area (Å²) in [6, 6.07) is 10.8. The number of oxazole rings is 1. The highest BCUT2D eigenvalue weighted by Crippen LogP contribution is 2.25. The van der Waals surface area contributed by atoms with Gasteiger partial charge in [0, 0.05) is 5.56 Å². The number of carbonyl (C=O) groups excluding carboxylic acids is 1. The molecule has 0 bridgehead atoms. The lowest BCUT2D eigenvalue weighted by Gasteiger charge is -2.00. The SMILES string of the molecule is CCOC(=O)c1ccc2nc(-c3ccc(F)cc3)oc2c1. The zero-order chi connectivity index (χ0) is 14.8. The molecule has 0 atom stereocenters. The molecular weight excluding hydrogens is 273 g/mol. The molecule has 1 heterocycles. The van der Waals surface area contributed by atoms with Gasteiger partial charge < -0.3 is 9.15 Å². The number of fused-ring (bicyclic) bond motifs is 1. The van der Waals surface area contributed by atoms with Crippen molar-refractivity contribution in [3.05, 3.63) is 53.8 Å². The van der Waals surface area contributed by atoms with Gasteiger partial charge in [-0.3, -0.25) is 0 Å². The molecule has 3 rings (SSSR count). The van der Waals surface area contributed by atoms with Gasteiger partial charge in [-0.05, 0) is 49.4 Å². The van der Waals surface area contributed by atoms with E-state index in [1.54, 1.807) is 37.3 Å². The lowest BCUT2D eigenvalue weighted by molar-refractivity contribution is 0.0526. The van der Waals surface area contributed by atoms with E-state index in [-0.39, 0.29) is 5.82 Å². The number of ether oxygens (including phenoxy) is 1. The molecular formula is C16H12FNO3. The quantitative estimate of drug-likeness (QED) is 0.687. The molecule has 0 amide bonds. The van der Waals surface area contributed by atoms with Gasteiger partial charge in [0.2, 0.25) is 5.89 Å². The minimum absolute atomic E-state index is 0.314. The first-order valence-electron chi connectivity index (χ1n) is 6.51. The second-order valence-electron chi connectivity index (χ2n) is 4.43. The number of hydrogen-bond acceptors (Lipinski definition) is 4. The van der Waals surface area contributed by atoms with Gasteiger partial charge in [0.05, 0.1) is 12.2 Å². The summed E-state index contributed by atoms with van der Waals surface area (Å²) in [6.07, 6.45) is 0. The van der Waals surface area contributed by atoms with Crippen molar-refractivity contribution in [1.29, 1.82) is 0 Å². The lowest BCUT2D eigenvalue weighted by Crippen LogP contribution is -2.03. The van der Waals surface area contributed by atoms with Gasteiger partial charge in [-0.25, -0.2) is 14.2 Å². The van der Waals surface area contributed by atoms with Gasteiger partial charge in [-0.1, -0.05) is 0 Å². The Morgan fingerprint density at radius 1 is 1.24 bits per heavy atom. The summed E-state index contributed by atoms with van der Waals surface area (Å²) in [4.78, 5) is 16.0. The van der Waals surface area contributed by atoms with Crippen LogP contribution in [0.15, 0.2) is 46.9 Å². The molecule has 3 aromatic rings. The first-order valence-corrected chi connectivity index (χ1v) is 6.51. The number of rotatable bonds is 3. The van der Waals surface area contributed by atoms with Gasteiger partial charge in [0.15, 0.2) is 5.58 Å². The highest BCUT2D eigenvalue weighted by molar-refractivity contribution is 5.93. The summed E-state index contributed by atoms with van der Waals surface area (Å²) >= 11 is 0. The average molecular weight is 285 g/mol. The molecule has 0 saturated carbocycles. The zero-order valence-corrected chi connectivity index (χ0v) is 11.3. The third-order valence-corrected chi connectivity index (χ3v) is 2.99. The van der Waals surface area contributed by atoms with E-state index in [4.69, 9.17) is 9.15 Å². The van der Waals surface area contributed by atoms with Crippen molar-refractivity contribution < 1.29 is 18.3 Å². The standard InChI is InChI=1S/C16H12FNO3/c1-2-20-16(19)11-5-8-13-14(9-11)21-15(18-13)10-3-6-12(17)7-4-10/h3-9H,2H2,1H3. The fraction of sp³-hybridized carbons (Fsp3) is 0.125. The molecule has 0 fully saturated rings. The Morgan fingerprint density at radius 3 is 2.71 bits per heavy atom. The van der Waals surface area contributed by atoms with Crippen LogP contribution in [0.3, 0.4) is 0 Å². The smallest absolute Gasteiger partial charge is 0.338 e. The van der Waals surface area contributed by atoms with Crippen LogP contribution in [-0.2, 0) is 4.74 Å². The highest BCUT2D eigenvalue weighted by Gasteiger charge is 2.12. The van der Waals surface area contributed by atoms with Gasteiger partial charge >= 0.3 is 5.97 Å². The van der Waals surface area contributed by atoms with Crippen molar-refractivity contribution in [2.45, 2.75) is 6.92 Å². The Morgan fingerprint density at radius 2 is 2.00 bits per heavy atom. The van der Waals surface area contributed by atoms with E-state index in [0.717, 1.165) is 0 Å². The predicted molar refractivity (Wildman–Crippen MR) is 75.4 cm³/mol. The molecule has 0 unspecified atom stereocenters. The van der Waals surface area contributed by atoms with Crippen LogP contribution in [0.5, 0.6) is 0 Å². The molecule has 1 aromatic heterocycles. The van der Waals surface area contributed by atoms with Crippen LogP contribution in [0, 0.1) is 5.82 Å². The minimum Gasteiger partial charge on any atom is -0.462 e. The van der Waals surface area contributed by atoms with Crippen molar-refractivity contribution in [3.8, 4) is 11.5 Å². The fourth-order valence-electron chi connectivity index (χ4n) is 1.98. The number of benzene rings is 2. The Hall–Kier alpha value is -2.69. The number of hydrogen-bond donors (Lipinski definition) is 0. The van der Waals surface area contributed by atoms with Crippen LogP contribution in [-0.4, -0.2) is 17.6 Å². The number of carbonyl (C=O) groups is 1. The molecule has 0 aliphatic rings. The maximum Gasteiger partial charge on any atom is 0.338 e. The van der Waals surface area contributed by atoms with Crippen LogP contribution in [0.1, 0.15) is 17.3 Å². The summed E-state index contributed by atoms with van der Waals surface area (Å²) in [6.45, 7) is 2.06. The summed E-state index contributed by atoms with van der Waals surface area (Å²) in [7, 11) is 0. The molecule has 106 valence electrons. The third-order valence-electron chi connectivity index (χ3n) is 2.99. The van der Waals surface area contributed by atoms with E-state index >= 15 is 0 Å². The van der Waals surface area contributed by atoms with Gasteiger partial charge in [0.25, 0.3) is 0 Å². The minimum atomic E-state index is -0.404. The molecule has 4 nitrogen and oxygen atoms in total. The van der Waals surface area contributed by atoms with E-state index in [0.29, 0.717) is 34.7 Å². The van der Waals surface area contributed by atoms with Crippen molar-refractivity contribution >= 4 is 17.1 Å². The van der Waals surface area contributed by atoms with Crippen LogP contribution in [0.4, 0.5) is 4.39 Å². The zero-order valence-electron chi connectivity index (χ0n) is 11.3. The Kier molecular flexibility index (Phi) is 3.39. The van der Waals surface area contributed by atoms with Crippen LogP contribution in [0.25, 0.3) is 22.6 Å². The van der Waals surface area contributed by atoms with Crippen molar-refractivity contribution in [2.75, 3.05) is 6.61 Å². The molecule has 0 spiro atoms. The van der Waals surface area contributed by atoms with Crippen LogP contribution < -0.4 is 0 Å². The summed E-state index contributed by atoms with van der Waals surface area (Å²) in [5.41, 5.74) is 2.19. The molecule has 21 heavy (non-hydrogen) atoms. The van der Waals surface area contributed by atoms with Crippen LogP contribution >= 0.6 is 0 Å². The number of halogens is 1. The second-order valence-corrected chi connectivity index (χ2v) is 4.43. The summed E-state index contributed by atoms with van der Waals surface area (Å²) in [5, 5.41) is 0. The topological polar surface area (TPSA) is 52.3 Å². The van der Waals surface area contributed by atoms with Crippen molar-refractivity contribution in [1.82, 2.24) is 4.98 Å². The van der Waals surface area contributed by atoms with Gasteiger partial charge in [0.1, 0.15) is 11.3 Å². The van der Waals surface area contributed by atoms with E-state index in [1.165, 1.54) is 12.1 Å². The molecule has 0 radical (unpaired) electrons. The molecule has 0 aliphatic heterocycles. The second kappa shape index (κ2) is 5.36. The number of aromatic nitrogens is 1. The van der Waals surface area contributed by atoms with Gasteiger partial charge in [-0.2, -0.15) is 0 Å². The van der Waals surface area contributed by atoms with Crippen molar-refractivity contribution in [3.63, 3.8) is 0 Å². The largest absolute Gasteiger partial charge is 0.462 e. The third kappa shape index (κ3) is 2.63. The summed E-state index contributed by atoms with van der Waals surface area (Å²) < 4.78 is 23.5. The van der Waals surface area contributed by atoms with E-state index in [9.17, 15) is 9.18 Å². The highest BCUT2D eigenvalue weighted by atomic mass is 19.1.